The van der Waals surface area contributed by atoms with Crippen LogP contribution in [0.3, 0.4) is 0 Å². The van der Waals surface area contributed by atoms with Crippen LogP contribution in [-0.4, -0.2) is 27.7 Å². The molecule has 2 atom stereocenters. The van der Waals surface area contributed by atoms with Crippen LogP contribution in [0.25, 0.3) is 21.8 Å². The maximum absolute atomic E-state index is 9.61. The first kappa shape index (κ1) is 14.9. The third-order valence-electron chi connectivity index (χ3n) is 3.72. The standard InChI is InChI=1S/C17H19N3O2/c18-16(21)8-10-5-6-12-13(9-17(19)22)11-3-1-2-4-14(11)20-15(12)7-10/h1-7,16-17,21-22H,8-9,18-19H2. The summed E-state index contributed by atoms with van der Waals surface area (Å²) < 4.78 is 0. The first-order valence-corrected chi connectivity index (χ1v) is 7.22. The molecule has 1 aromatic heterocycles. The van der Waals surface area contributed by atoms with Crippen LogP contribution < -0.4 is 11.5 Å². The number of fused-ring (bicyclic) bond motifs is 2. The molecule has 3 aromatic rings. The van der Waals surface area contributed by atoms with Gasteiger partial charge in [-0.3, -0.25) is 0 Å². The lowest BCUT2D eigenvalue weighted by molar-refractivity contribution is 0.183. The van der Waals surface area contributed by atoms with Crippen molar-refractivity contribution < 1.29 is 10.2 Å². The van der Waals surface area contributed by atoms with Crippen molar-refractivity contribution in [3.63, 3.8) is 0 Å². The fraction of sp³-hybridized carbons (Fsp3) is 0.235. The van der Waals surface area contributed by atoms with Crippen molar-refractivity contribution in [2.75, 3.05) is 0 Å². The van der Waals surface area contributed by atoms with Crippen LogP contribution in [0.5, 0.6) is 0 Å². The van der Waals surface area contributed by atoms with E-state index in [1.807, 2.05) is 42.5 Å². The molecule has 0 saturated heterocycles. The fourth-order valence-corrected chi connectivity index (χ4v) is 2.82. The predicted molar refractivity (Wildman–Crippen MR) is 87.0 cm³/mol. The number of rotatable bonds is 4. The summed E-state index contributed by atoms with van der Waals surface area (Å²) in [6.07, 6.45) is -1.07. The van der Waals surface area contributed by atoms with Gasteiger partial charge in [0.15, 0.2) is 0 Å². The van der Waals surface area contributed by atoms with Crippen molar-refractivity contribution in [2.24, 2.45) is 11.5 Å². The molecule has 114 valence electrons. The first-order valence-electron chi connectivity index (χ1n) is 7.22. The molecule has 1 heterocycles. The predicted octanol–water partition coefficient (Wildman–Crippen LogP) is 1.03. The Morgan fingerprint density at radius 2 is 1.55 bits per heavy atom. The number of aliphatic hydroxyl groups excluding tert-OH is 2. The van der Waals surface area contributed by atoms with Gasteiger partial charge in [-0.2, -0.15) is 0 Å². The number of benzene rings is 2. The quantitative estimate of drug-likeness (QED) is 0.425. The minimum Gasteiger partial charge on any atom is -0.378 e. The third-order valence-corrected chi connectivity index (χ3v) is 3.72. The van der Waals surface area contributed by atoms with Gasteiger partial charge in [0.1, 0.15) is 12.5 Å². The van der Waals surface area contributed by atoms with E-state index in [1.54, 1.807) is 0 Å². The van der Waals surface area contributed by atoms with Gasteiger partial charge in [-0.05, 0) is 23.3 Å². The summed E-state index contributed by atoms with van der Waals surface area (Å²) in [5.41, 5.74) is 14.6. The second-order valence-corrected chi connectivity index (χ2v) is 5.50. The molecule has 0 fully saturated rings. The van der Waals surface area contributed by atoms with Gasteiger partial charge < -0.3 is 21.7 Å². The van der Waals surface area contributed by atoms with Crippen LogP contribution >= 0.6 is 0 Å². The van der Waals surface area contributed by atoms with E-state index in [9.17, 15) is 10.2 Å². The Balaban J connectivity index is 2.25. The molecule has 0 bridgehead atoms. The molecule has 22 heavy (non-hydrogen) atoms. The minimum absolute atomic E-state index is 0.360. The second kappa shape index (κ2) is 5.98. The number of hydrogen-bond donors (Lipinski definition) is 4. The fourth-order valence-electron chi connectivity index (χ4n) is 2.82. The van der Waals surface area contributed by atoms with Gasteiger partial charge in [0.25, 0.3) is 0 Å². The molecule has 3 rings (SSSR count). The van der Waals surface area contributed by atoms with Crippen molar-refractivity contribution in [3.8, 4) is 0 Å². The summed E-state index contributed by atoms with van der Waals surface area (Å²) in [4.78, 5) is 4.67. The highest BCUT2D eigenvalue weighted by Gasteiger charge is 2.12. The van der Waals surface area contributed by atoms with Gasteiger partial charge in [-0.15, -0.1) is 0 Å². The highest BCUT2D eigenvalue weighted by molar-refractivity contribution is 5.97. The van der Waals surface area contributed by atoms with Crippen molar-refractivity contribution in [2.45, 2.75) is 25.3 Å². The zero-order valence-corrected chi connectivity index (χ0v) is 12.1. The zero-order chi connectivity index (χ0) is 15.7. The molecular weight excluding hydrogens is 278 g/mol. The van der Waals surface area contributed by atoms with Crippen LogP contribution in [0.15, 0.2) is 42.5 Å². The Morgan fingerprint density at radius 1 is 0.864 bits per heavy atom. The number of pyridine rings is 1. The molecule has 5 nitrogen and oxygen atoms in total. The molecule has 2 unspecified atom stereocenters. The minimum atomic E-state index is -0.917. The molecule has 0 aliphatic heterocycles. The van der Waals surface area contributed by atoms with Gasteiger partial charge in [-0.1, -0.05) is 30.3 Å². The Bertz CT molecular complexity index is 815. The summed E-state index contributed by atoms with van der Waals surface area (Å²) >= 11 is 0. The van der Waals surface area contributed by atoms with Crippen LogP contribution in [0.2, 0.25) is 0 Å². The number of nitrogens with zero attached hydrogens (tertiary/aromatic N) is 1. The third kappa shape index (κ3) is 2.93. The Hall–Kier alpha value is -2.05. The Kier molecular flexibility index (Phi) is 4.04. The van der Waals surface area contributed by atoms with Crippen LogP contribution in [0.4, 0.5) is 0 Å². The van der Waals surface area contributed by atoms with E-state index in [4.69, 9.17) is 11.5 Å². The number of hydrogen-bond acceptors (Lipinski definition) is 5. The maximum atomic E-state index is 9.61. The molecule has 0 amide bonds. The van der Waals surface area contributed by atoms with E-state index in [0.717, 1.165) is 32.9 Å². The average molecular weight is 297 g/mol. The average Bonchev–Trinajstić information content (AvgIpc) is 2.45. The molecule has 0 radical (unpaired) electrons. The molecule has 0 saturated carbocycles. The van der Waals surface area contributed by atoms with Crippen LogP contribution in [-0.2, 0) is 12.8 Å². The lowest BCUT2D eigenvalue weighted by Crippen LogP contribution is -2.22. The molecule has 5 heteroatoms. The lowest BCUT2D eigenvalue weighted by atomic mass is 9.97. The van der Waals surface area contributed by atoms with Gasteiger partial charge in [-0.25, -0.2) is 4.98 Å². The van der Waals surface area contributed by atoms with Crippen molar-refractivity contribution in [1.29, 1.82) is 0 Å². The first-order chi connectivity index (χ1) is 10.5. The topological polar surface area (TPSA) is 105 Å². The molecule has 2 aromatic carbocycles. The van der Waals surface area contributed by atoms with Gasteiger partial charge >= 0.3 is 0 Å². The number of aromatic nitrogens is 1. The highest BCUT2D eigenvalue weighted by Crippen LogP contribution is 2.27. The normalized spacial score (nSPS) is 14.4. The van der Waals surface area contributed by atoms with E-state index < -0.39 is 12.5 Å². The molecular formula is C17H19N3O2. The van der Waals surface area contributed by atoms with Gasteiger partial charge in [0, 0.05) is 23.6 Å². The van der Waals surface area contributed by atoms with E-state index in [-0.39, 0.29) is 0 Å². The molecule has 6 N–H and O–H groups in total. The molecule has 0 spiro atoms. The summed E-state index contributed by atoms with van der Waals surface area (Å²) in [5.74, 6) is 0. The zero-order valence-electron chi connectivity index (χ0n) is 12.1. The second-order valence-electron chi connectivity index (χ2n) is 5.50. The Labute approximate surface area is 128 Å². The van der Waals surface area contributed by atoms with Gasteiger partial charge in [0.05, 0.1) is 11.0 Å². The van der Waals surface area contributed by atoms with Gasteiger partial charge in [0.2, 0.25) is 0 Å². The largest absolute Gasteiger partial charge is 0.378 e. The monoisotopic (exact) mass is 297 g/mol. The Morgan fingerprint density at radius 3 is 2.27 bits per heavy atom. The number of para-hydroxylation sites is 1. The summed E-state index contributed by atoms with van der Waals surface area (Å²) in [5, 5.41) is 20.9. The molecule has 0 aliphatic rings. The summed E-state index contributed by atoms with van der Waals surface area (Å²) in [6, 6.07) is 13.6. The van der Waals surface area contributed by atoms with Crippen molar-refractivity contribution in [3.05, 3.63) is 53.6 Å². The number of nitrogens with two attached hydrogens (primary N) is 2. The summed E-state index contributed by atoms with van der Waals surface area (Å²) in [6.45, 7) is 0. The van der Waals surface area contributed by atoms with Crippen molar-refractivity contribution in [1.82, 2.24) is 4.98 Å². The number of aliphatic hydroxyl groups is 2. The molecule has 0 aliphatic carbocycles. The lowest BCUT2D eigenvalue weighted by Gasteiger charge is -2.13. The SMILES string of the molecule is NC(O)Cc1ccc2c(CC(N)O)c3ccccc3nc2c1. The summed E-state index contributed by atoms with van der Waals surface area (Å²) in [7, 11) is 0. The highest BCUT2D eigenvalue weighted by atomic mass is 16.3. The van der Waals surface area contributed by atoms with Crippen molar-refractivity contribution >= 4 is 21.8 Å². The smallest absolute Gasteiger partial charge is 0.106 e. The van der Waals surface area contributed by atoms with E-state index in [2.05, 4.69) is 4.98 Å². The van der Waals surface area contributed by atoms with E-state index in [1.165, 1.54) is 0 Å². The maximum Gasteiger partial charge on any atom is 0.106 e. The van der Waals surface area contributed by atoms with E-state index in [0.29, 0.717) is 12.8 Å². The van der Waals surface area contributed by atoms with Crippen LogP contribution in [0.1, 0.15) is 11.1 Å². The van der Waals surface area contributed by atoms with Crippen LogP contribution in [0, 0.1) is 0 Å². The van der Waals surface area contributed by atoms with E-state index >= 15 is 0 Å².